The highest BCUT2D eigenvalue weighted by Crippen LogP contribution is 1.99. The van der Waals surface area contributed by atoms with Gasteiger partial charge >= 0.3 is 0 Å². The molecule has 1 atom stereocenters. The minimum atomic E-state index is 0.641. The van der Waals surface area contributed by atoms with E-state index in [0.29, 0.717) is 12.3 Å². The van der Waals surface area contributed by atoms with Crippen molar-refractivity contribution in [1.29, 1.82) is 5.26 Å². The Morgan fingerprint density at radius 3 is 2.64 bits per heavy atom. The molecule has 0 aromatic carbocycles. The lowest BCUT2D eigenvalue weighted by molar-refractivity contribution is 0.251. The van der Waals surface area contributed by atoms with Crippen LogP contribution < -0.4 is 5.32 Å². The average Bonchev–Trinajstić information content (AvgIpc) is 2.21. The maximum atomic E-state index is 8.50. The molecule has 0 fully saturated rings. The van der Waals surface area contributed by atoms with E-state index in [1.165, 1.54) is 0 Å². The van der Waals surface area contributed by atoms with Crippen LogP contribution in [0.3, 0.4) is 0 Å². The Morgan fingerprint density at radius 2 is 2.14 bits per heavy atom. The largest absolute Gasteiger partial charge is 0.317 e. The number of nitriles is 1. The van der Waals surface area contributed by atoms with Gasteiger partial charge in [-0.05, 0) is 25.6 Å². The van der Waals surface area contributed by atoms with Gasteiger partial charge in [0.05, 0.1) is 6.07 Å². The summed E-state index contributed by atoms with van der Waals surface area (Å²) in [5.74, 6) is 0.661. The first-order valence-electron chi connectivity index (χ1n) is 5.54. The van der Waals surface area contributed by atoms with Crippen LogP contribution in [0.25, 0.3) is 0 Å². The molecule has 14 heavy (non-hydrogen) atoms. The Morgan fingerprint density at radius 1 is 1.43 bits per heavy atom. The minimum Gasteiger partial charge on any atom is -0.317 e. The van der Waals surface area contributed by atoms with Crippen molar-refractivity contribution in [3.63, 3.8) is 0 Å². The van der Waals surface area contributed by atoms with Crippen molar-refractivity contribution in [3.05, 3.63) is 0 Å². The van der Waals surface area contributed by atoms with Gasteiger partial charge in [-0.15, -0.1) is 0 Å². The van der Waals surface area contributed by atoms with E-state index in [0.717, 1.165) is 32.7 Å². The van der Waals surface area contributed by atoms with E-state index in [1.54, 1.807) is 0 Å². The first-order valence-corrected chi connectivity index (χ1v) is 5.54. The molecule has 0 saturated heterocycles. The van der Waals surface area contributed by atoms with Gasteiger partial charge in [0, 0.05) is 19.5 Å². The first-order chi connectivity index (χ1) is 6.74. The summed E-state index contributed by atoms with van der Waals surface area (Å²) >= 11 is 0. The van der Waals surface area contributed by atoms with Gasteiger partial charge < -0.3 is 10.2 Å². The van der Waals surface area contributed by atoms with Gasteiger partial charge in [-0.25, -0.2) is 0 Å². The lowest BCUT2D eigenvalue weighted by Crippen LogP contribution is -2.33. The van der Waals surface area contributed by atoms with Crippen LogP contribution in [0.15, 0.2) is 0 Å². The van der Waals surface area contributed by atoms with Crippen molar-refractivity contribution < 1.29 is 0 Å². The van der Waals surface area contributed by atoms with E-state index in [-0.39, 0.29) is 0 Å². The summed E-state index contributed by atoms with van der Waals surface area (Å²) in [6.07, 6.45) is 0.641. The zero-order valence-electron chi connectivity index (χ0n) is 9.71. The molecule has 0 heterocycles. The molecular weight excluding hydrogens is 174 g/mol. The average molecular weight is 197 g/mol. The summed E-state index contributed by atoms with van der Waals surface area (Å²) in [6.45, 7) is 11.7. The second-order valence-electron chi connectivity index (χ2n) is 3.71. The molecule has 0 aliphatic carbocycles. The lowest BCUT2D eigenvalue weighted by atomic mass is 10.1. The van der Waals surface area contributed by atoms with Gasteiger partial charge in [0.1, 0.15) is 0 Å². The number of hydrogen-bond donors (Lipinski definition) is 1. The fourth-order valence-electron chi connectivity index (χ4n) is 1.48. The topological polar surface area (TPSA) is 39.1 Å². The molecule has 1 unspecified atom stereocenters. The van der Waals surface area contributed by atoms with Gasteiger partial charge in [0.25, 0.3) is 0 Å². The molecule has 0 amide bonds. The molecule has 0 aromatic heterocycles. The van der Waals surface area contributed by atoms with Crippen LogP contribution in [-0.4, -0.2) is 37.6 Å². The quantitative estimate of drug-likeness (QED) is 0.640. The van der Waals surface area contributed by atoms with Gasteiger partial charge in [0.2, 0.25) is 0 Å². The van der Waals surface area contributed by atoms with Crippen molar-refractivity contribution in [2.24, 2.45) is 5.92 Å². The van der Waals surface area contributed by atoms with Crippen LogP contribution >= 0.6 is 0 Å². The summed E-state index contributed by atoms with van der Waals surface area (Å²) in [4.78, 5) is 2.34. The fourth-order valence-corrected chi connectivity index (χ4v) is 1.48. The Bertz CT molecular complexity index is 162. The normalized spacial score (nSPS) is 12.8. The molecule has 0 aliphatic heterocycles. The van der Waals surface area contributed by atoms with E-state index < -0.39 is 0 Å². The van der Waals surface area contributed by atoms with Crippen molar-refractivity contribution in [1.82, 2.24) is 10.2 Å². The molecule has 0 bridgehead atoms. The lowest BCUT2D eigenvalue weighted by Gasteiger charge is -2.23. The maximum absolute atomic E-state index is 8.50. The van der Waals surface area contributed by atoms with Crippen molar-refractivity contribution >= 4 is 0 Å². The highest BCUT2D eigenvalue weighted by atomic mass is 15.1. The zero-order chi connectivity index (χ0) is 10.8. The van der Waals surface area contributed by atoms with Crippen molar-refractivity contribution in [3.8, 4) is 6.07 Å². The SMILES string of the molecule is CCNCC(C)CN(CC)CCC#N. The van der Waals surface area contributed by atoms with Crippen LogP contribution in [-0.2, 0) is 0 Å². The van der Waals surface area contributed by atoms with Crippen LogP contribution in [0.2, 0.25) is 0 Å². The molecule has 82 valence electrons. The standard InChI is InChI=1S/C11H23N3/c1-4-13-9-11(3)10-14(5-2)8-6-7-12/h11,13H,4-6,8-10H2,1-3H3. The Kier molecular flexibility index (Phi) is 8.61. The summed E-state index contributed by atoms with van der Waals surface area (Å²) in [5.41, 5.74) is 0. The molecule has 0 aliphatic rings. The predicted octanol–water partition coefficient (Wildman–Crippen LogP) is 1.47. The fraction of sp³-hybridized carbons (Fsp3) is 0.909. The third kappa shape index (κ3) is 6.88. The summed E-state index contributed by atoms with van der Waals surface area (Å²) in [6, 6.07) is 2.19. The van der Waals surface area contributed by atoms with E-state index >= 15 is 0 Å². The molecule has 0 saturated carbocycles. The van der Waals surface area contributed by atoms with Gasteiger partial charge in [0.15, 0.2) is 0 Å². The second-order valence-corrected chi connectivity index (χ2v) is 3.71. The van der Waals surface area contributed by atoms with Crippen LogP contribution in [0.1, 0.15) is 27.2 Å². The van der Waals surface area contributed by atoms with Gasteiger partial charge in [-0.1, -0.05) is 20.8 Å². The monoisotopic (exact) mass is 197 g/mol. The zero-order valence-corrected chi connectivity index (χ0v) is 9.71. The number of nitrogens with zero attached hydrogens (tertiary/aromatic N) is 2. The van der Waals surface area contributed by atoms with E-state index in [9.17, 15) is 0 Å². The van der Waals surface area contributed by atoms with E-state index in [4.69, 9.17) is 5.26 Å². The molecule has 1 N–H and O–H groups in total. The number of rotatable bonds is 8. The molecule has 3 heteroatoms. The Balaban J connectivity index is 3.63. The van der Waals surface area contributed by atoms with Gasteiger partial charge in [-0.3, -0.25) is 0 Å². The first kappa shape index (κ1) is 13.4. The predicted molar refractivity (Wildman–Crippen MR) is 60.1 cm³/mol. The van der Waals surface area contributed by atoms with E-state index in [2.05, 4.69) is 37.1 Å². The third-order valence-corrected chi connectivity index (χ3v) is 2.30. The molecule has 3 nitrogen and oxygen atoms in total. The second kappa shape index (κ2) is 8.98. The molecular formula is C11H23N3. The summed E-state index contributed by atoms with van der Waals surface area (Å²) in [5, 5.41) is 11.8. The maximum Gasteiger partial charge on any atom is 0.0635 e. The Hall–Kier alpha value is -0.590. The Labute approximate surface area is 88.1 Å². The molecule has 0 rings (SSSR count). The number of nitrogens with one attached hydrogen (secondary N) is 1. The molecule has 0 radical (unpaired) electrons. The smallest absolute Gasteiger partial charge is 0.0635 e. The number of hydrogen-bond acceptors (Lipinski definition) is 3. The van der Waals surface area contributed by atoms with Crippen molar-refractivity contribution in [2.75, 3.05) is 32.7 Å². The van der Waals surface area contributed by atoms with Crippen molar-refractivity contribution in [2.45, 2.75) is 27.2 Å². The van der Waals surface area contributed by atoms with Crippen LogP contribution in [0.4, 0.5) is 0 Å². The highest BCUT2D eigenvalue weighted by molar-refractivity contribution is 4.73. The molecule has 0 spiro atoms. The minimum absolute atomic E-state index is 0.641. The summed E-state index contributed by atoms with van der Waals surface area (Å²) < 4.78 is 0. The van der Waals surface area contributed by atoms with Gasteiger partial charge in [-0.2, -0.15) is 5.26 Å². The summed E-state index contributed by atoms with van der Waals surface area (Å²) in [7, 11) is 0. The van der Waals surface area contributed by atoms with E-state index in [1.807, 2.05) is 0 Å². The molecule has 0 aromatic rings. The van der Waals surface area contributed by atoms with Crippen LogP contribution in [0, 0.1) is 17.2 Å². The highest BCUT2D eigenvalue weighted by Gasteiger charge is 2.07. The third-order valence-electron chi connectivity index (χ3n) is 2.30. The van der Waals surface area contributed by atoms with Crippen LogP contribution in [0.5, 0.6) is 0 Å².